The molecule has 2 rings (SSSR count). The van der Waals surface area contributed by atoms with Crippen LogP contribution in [0, 0.1) is 0 Å². The third kappa shape index (κ3) is 3.03. The minimum atomic E-state index is -3.28. The van der Waals surface area contributed by atoms with Gasteiger partial charge in [0.05, 0.1) is 17.9 Å². The van der Waals surface area contributed by atoms with Gasteiger partial charge in [0, 0.05) is 0 Å². The van der Waals surface area contributed by atoms with E-state index in [0.717, 1.165) is 25.7 Å². The molecule has 3 atom stereocenters. The summed E-state index contributed by atoms with van der Waals surface area (Å²) in [7, 11) is -3.28. The molecule has 1 aliphatic heterocycles. The monoisotopic (exact) mass is 275 g/mol. The Bertz CT molecular complexity index is 406. The molecule has 0 aromatic carbocycles. The number of aliphatic hydroxyl groups is 1. The van der Waals surface area contributed by atoms with Gasteiger partial charge in [-0.05, 0) is 25.7 Å². The maximum absolute atomic E-state index is 12.0. The molecule has 2 N–H and O–H groups in total. The third-order valence-corrected chi connectivity index (χ3v) is 6.10. The van der Waals surface area contributed by atoms with Crippen molar-refractivity contribution in [2.45, 2.75) is 62.3 Å². The quantitative estimate of drug-likeness (QED) is 0.763. The molecule has 104 valence electrons. The van der Waals surface area contributed by atoms with E-state index in [1.807, 2.05) is 0 Å². The first-order valence-corrected chi connectivity index (χ1v) is 8.42. The Hall–Kier alpha value is -0.620. The van der Waals surface area contributed by atoms with Crippen LogP contribution in [0.2, 0.25) is 0 Å². The van der Waals surface area contributed by atoms with Crippen LogP contribution in [0.15, 0.2) is 0 Å². The van der Waals surface area contributed by atoms with Gasteiger partial charge in [-0.2, -0.15) is 0 Å². The van der Waals surface area contributed by atoms with Crippen LogP contribution >= 0.6 is 0 Å². The summed E-state index contributed by atoms with van der Waals surface area (Å²) in [6, 6.07) is -0.275. The van der Waals surface area contributed by atoms with Gasteiger partial charge in [-0.3, -0.25) is 4.79 Å². The van der Waals surface area contributed by atoms with E-state index in [9.17, 15) is 18.3 Å². The number of carbonyl (C=O) groups excluding carboxylic acids is 1. The van der Waals surface area contributed by atoms with Crippen LogP contribution in [0.4, 0.5) is 0 Å². The molecule has 1 heterocycles. The van der Waals surface area contributed by atoms with Gasteiger partial charge in [-0.15, -0.1) is 0 Å². The molecule has 2 fully saturated rings. The standard InChI is InChI=1S/C12H21NO4S/c14-10-6-2-1-5-9(10)13-12(15)11-7-3-4-8-18(11,16)17/h9-11,14H,1-8H2,(H,13,15)/t9-,10-,11?/m1/s1. The first kappa shape index (κ1) is 13.8. The molecule has 5 nitrogen and oxygen atoms in total. The number of rotatable bonds is 2. The van der Waals surface area contributed by atoms with Crippen molar-refractivity contribution in [2.75, 3.05) is 5.75 Å². The molecule has 1 aliphatic carbocycles. The summed E-state index contributed by atoms with van der Waals surface area (Å²) in [6.07, 6.45) is 4.67. The van der Waals surface area contributed by atoms with E-state index in [2.05, 4.69) is 5.32 Å². The van der Waals surface area contributed by atoms with Gasteiger partial charge in [0.2, 0.25) is 5.91 Å². The summed E-state index contributed by atoms with van der Waals surface area (Å²) in [5, 5.41) is 11.6. The van der Waals surface area contributed by atoms with E-state index in [1.54, 1.807) is 0 Å². The van der Waals surface area contributed by atoms with Gasteiger partial charge < -0.3 is 10.4 Å². The summed E-state index contributed by atoms with van der Waals surface area (Å²) < 4.78 is 23.6. The molecule has 0 aromatic heterocycles. The fourth-order valence-electron chi connectivity index (χ4n) is 2.80. The zero-order valence-corrected chi connectivity index (χ0v) is 11.3. The summed E-state index contributed by atoms with van der Waals surface area (Å²) in [6.45, 7) is 0. The minimum Gasteiger partial charge on any atom is -0.391 e. The maximum Gasteiger partial charge on any atom is 0.238 e. The van der Waals surface area contributed by atoms with Crippen molar-refractivity contribution in [3.63, 3.8) is 0 Å². The fraction of sp³-hybridized carbons (Fsp3) is 0.917. The van der Waals surface area contributed by atoms with E-state index in [-0.39, 0.29) is 11.8 Å². The Labute approximate surface area is 108 Å². The zero-order chi connectivity index (χ0) is 13.2. The number of hydrogen-bond acceptors (Lipinski definition) is 4. The predicted octanol–water partition coefficient (Wildman–Crippen LogP) is 0.373. The SMILES string of the molecule is O=C(N[C@@H]1CCCC[C@H]1O)C1CCCCS1(=O)=O. The summed E-state index contributed by atoms with van der Waals surface area (Å²) >= 11 is 0. The number of aliphatic hydroxyl groups excluding tert-OH is 1. The maximum atomic E-state index is 12.0. The molecule has 1 amide bonds. The minimum absolute atomic E-state index is 0.109. The summed E-state index contributed by atoms with van der Waals surface area (Å²) in [5.41, 5.74) is 0. The molecule has 2 aliphatic rings. The van der Waals surface area contributed by atoms with Crippen LogP contribution < -0.4 is 5.32 Å². The van der Waals surface area contributed by atoms with Crippen molar-refractivity contribution in [1.82, 2.24) is 5.32 Å². The van der Waals surface area contributed by atoms with Crippen molar-refractivity contribution < 1.29 is 18.3 Å². The highest BCUT2D eigenvalue weighted by molar-refractivity contribution is 7.92. The van der Waals surface area contributed by atoms with Crippen LogP contribution in [0.25, 0.3) is 0 Å². The molecule has 0 spiro atoms. The van der Waals surface area contributed by atoms with Crippen molar-refractivity contribution in [1.29, 1.82) is 0 Å². The highest BCUT2D eigenvalue weighted by atomic mass is 32.2. The molecule has 1 unspecified atom stereocenters. The highest BCUT2D eigenvalue weighted by Gasteiger charge is 2.36. The number of carbonyl (C=O) groups is 1. The van der Waals surface area contributed by atoms with E-state index < -0.39 is 27.1 Å². The first-order chi connectivity index (χ1) is 8.50. The fourth-order valence-corrected chi connectivity index (χ4v) is 4.62. The van der Waals surface area contributed by atoms with Crippen LogP contribution in [0.1, 0.15) is 44.9 Å². The lowest BCUT2D eigenvalue weighted by molar-refractivity contribution is -0.122. The molecule has 0 bridgehead atoms. The molecular weight excluding hydrogens is 254 g/mol. The molecule has 0 aromatic rings. The topological polar surface area (TPSA) is 83.5 Å². The predicted molar refractivity (Wildman–Crippen MR) is 67.8 cm³/mol. The van der Waals surface area contributed by atoms with Crippen LogP contribution in [0.3, 0.4) is 0 Å². The van der Waals surface area contributed by atoms with Gasteiger partial charge in [0.15, 0.2) is 9.84 Å². The first-order valence-electron chi connectivity index (χ1n) is 6.71. The Morgan fingerprint density at radius 1 is 1.06 bits per heavy atom. The number of sulfone groups is 1. The van der Waals surface area contributed by atoms with Crippen LogP contribution in [-0.4, -0.2) is 42.6 Å². The van der Waals surface area contributed by atoms with Gasteiger partial charge in [-0.25, -0.2) is 8.42 Å². The average molecular weight is 275 g/mol. The largest absolute Gasteiger partial charge is 0.391 e. The van der Waals surface area contributed by atoms with E-state index in [1.165, 1.54) is 0 Å². The van der Waals surface area contributed by atoms with E-state index in [0.29, 0.717) is 19.3 Å². The zero-order valence-electron chi connectivity index (χ0n) is 10.5. The van der Waals surface area contributed by atoms with Crippen molar-refractivity contribution in [3.8, 4) is 0 Å². The normalized spacial score (nSPS) is 35.9. The van der Waals surface area contributed by atoms with Crippen molar-refractivity contribution in [2.24, 2.45) is 0 Å². The van der Waals surface area contributed by atoms with Crippen LogP contribution in [-0.2, 0) is 14.6 Å². The molecular formula is C12H21NO4S. The third-order valence-electron chi connectivity index (χ3n) is 3.93. The molecule has 0 radical (unpaired) electrons. The lowest BCUT2D eigenvalue weighted by Crippen LogP contribution is -2.51. The Kier molecular flexibility index (Phi) is 4.27. The Morgan fingerprint density at radius 3 is 2.39 bits per heavy atom. The summed E-state index contributed by atoms with van der Waals surface area (Å²) in [5.74, 6) is -0.307. The highest BCUT2D eigenvalue weighted by Crippen LogP contribution is 2.22. The van der Waals surface area contributed by atoms with Gasteiger partial charge in [0.25, 0.3) is 0 Å². The second-order valence-corrected chi connectivity index (χ2v) is 7.62. The number of amides is 1. The average Bonchev–Trinajstić information content (AvgIpc) is 2.31. The molecule has 18 heavy (non-hydrogen) atoms. The van der Waals surface area contributed by atoms with E-state index >= 15 is 0 Å². The lowest BCUT2D eigenvalue weighted by atomic mass is 9.92. The van der Waals surface area contributed by atoms with Crippen molar-refractivity contribution in [3.05, 3.63) is 0 Å². The molecule has 1 saturated heterocycles. The van der Waals surface area contributed by atoms with E-state index in [4.69, 9.17) is 0 Å². The molecule has 1 saturated carbocycles. The van der Waals surface area contributed by atoms with Crippen LogP contribution in [0.5, 0.6) is 0 Å². The Balaban J connectivity index is 1.98. The number of nitrogens with one attached hydrogen (secondary N) is 1. The smallest absolute Gasteiger partial charge is 0.238 e. The second kappa shape index (κ2) is 5.57. The molecule has 6 heteroatoms. The Morgan fingerprint density at radius 2 is 1.72 bits per heavy atom. The number of hydrogen-bond donors (Lipinski definition) is 2. The van der Waals surface area contributed by atoms with Gasteiger partial charge >= 0.3 is 0 Å². The van der Waals surface area contributed by atoms with Gasteiger partial charge in [-0.1, -0.05) is 19.3 Å². The second-order valence-electron chi connectivity index (χ2n) is 5.32. The summed E-state index contributed by atoms with van der Waals surface area (Å²) in [4.78, 5) is 12.0. The lowest BCUT2D eigenvalue weighted by Gasteiger charge is -2.30. The van der Waals surface area contributed by atoms with Crippen molar-refractivity contribution >= 4 is 15.7 Å². The van der Waals surface area contributed by atoms with Gasteiger partial charge in [0.1, 0.15) is 5.25 Å².